The summed E-state index contributed by atoms with van der Waals surface area (Å²) in [6.45, 7) is 1.07. The molecule has 1 aromatic rings. The van der Waals surface area contributed by atoms with Gasteiger partial charge in [0.15, 0.2) is 6.29 Å². The summed E-state index contributed by atoms with van der Waals surface area (Å²) in [6, 6.07) is 7.28. The second-order valence-corrected chi connectivity index (χ2v) is 4.44. The molecule has 1 aliphatic rings. The molecule has 5 nitrogen and oxygen atoms in total. The summed E-state index contributed by atoms with van der Waals surface area (Å²) in [7, 11) is 1.60. The van der Waals surface area contributed by atoms with Crippen LogP contribution in [0.2, 0.25) is 0 Å². The molecule has 0 bridgehead atoms. The summed E-state index contributed by atoms with van der Waals surface area (Å²) >= 11 is 0. The average Bonchev–Trinajstić information content (AvgIpc) is 2.47. The highest BCUT2D eigenvalue weighted by molar-refractivity contribution is 5.94. The van der Waals surface area contributed by atoms with Crippen LogP contribution in [0.25, 0.3) is 0 Å². The van der Waals surface area contributed by atoms with Gasteiger partial charge in [0.1, 0.15) is 0 Å². The molecule has 1 aromatic carbocycles. The maximum absolute atomic E-state index is 12.0. The zero-order valence-electron chi connectivity index (χ0n) is 11.1. The Morgan fingerprint density at radius 1 is 1.42 bits per heavy atom. The summed E-state index contributed by atoms with van der Waals surface area (Å²) in [6.07, 6.45) is 2.57. The number of carbonyl (C=O) groups is 1. The molecule has 1 amide bonds. The van der Waals surface area contributed by atoms with Gasteiger partial charge < -0.3 is 9.47 Å². The molecule has 1 heterocycles. The molecule has 1 saturated heterocycles. The minimum atomic E-state index is -0.340. The number of methoxy groups -OCH3 is 1. The zero-order valence-corrected chi connectivity index (χ0v) is 11.1. The number of carbonyl (C=O) groups excluding carboxylic acids is 1. The van der Waals surface area contributed by atoms with Crippen LogP contribution in [0.1, 0.15) is 35.2 Å². The Kier molecular flexibility index (Phi) is 5.32. The summed E-state index contributed by atoms with van der Waals surface area (Å²) in [5.74, 6) is -0.276. The van der Waals surface area contributed by atoms with Crippen molar-refractivity contribution in [3.8, 4) is 0 Å². The van der Waals surface area contributed by atoms with E-state index < -0.39 is 0 Å². The smallest absolute Gasteiger partial charge is 0.275 e. The van der Waals surface area contributed by atoms with Gasteiger partial charge in [0.2, 0.25) is 0 Å². The molecule has 0 saturated carbocycles. The van der Waals surface area contributed by atoms with Gasteiger partial charge >= 0.3 is 0 Å². The van der Waals surface area contributed by atoms with Gasteiger partial charge in [-0.15, -0.1) is 0 Å². The van der Waals surface area contributed by atoms with E-state index in [-0.39, 0.29) is 12.2 Å². The van der Waals surface area contributed by atoms with E-state index in [9.17, 15) is 4.79 Å². The Balaban J connectivity index is 1.91. The third kappa shape index (κ3) is 4.02. The Labute approximate surface area is 112 Å². The predicted molar refractivity (Wildman–Crippen MR) is 69.3 cm³/mol. The molecule has 1 aliphatic heterocycles. The first-order chi connectivity index (χ1) is 9.31. The first-order valence-electron chi connectivity index (χ1n) is 6.45. The maximum Gasteiger partial charge on any atom is 0.275 e. The molecule has 1 unspecified atom stereocenters. The molecule has 0 radical (unpaired) electrons. The molecule has 0 spiro atoms. The van der Waals surface area contributed by atoms with E-state index in [1.165, 1.54) is 0 Å². The van der Waals surface area contributed by atoms with E-state index >= 15 is 0 Å². The van der Waals surface area contributed by atoms with Crippen LogP contribution in [0.4, 0.5) is 0 Å². The normalized spacial score (nSPS) is 19.1. The summed E-state index contributed by atoms with van der Waals surface area (Å²) < 4.78 is 10.4. The van der Waals surface area contributed by atoms with Gasteiger partial charge in [0, 0.05) is 25.7 Å². The Hall–Kier alpha value is -1.43. The molecular weight excluding hydrogens is 246 g/mol. The number of ether oxygens (including phenoxy) is 2. The van der Waals surface area contributed by atoms with Crippen molar-refractivity contribution in [1.29, 1.82) is 0 Å². The average molecular weight is 265 g/mol. The predicted octanol–water partition coefficient (Wildman–Crippen LogP) is 2.02. The van der Waals surface area contributed by atoms with Crippen molar-refractivity contribution in [2.45, 2.75) is 32.2 Å². The van der Waals surface area contributed by atoms with E-state index in [1.807, 2.05) is 18.2 Å². The SMILES string of the molecule is COCc1ccccc1C(=O)NOC1CCCCO1. The second-order valence-electron chi connectivity index (χ2n) is 4.44. The van der Waals surface area contributed by atoms with E-state index in [0.717, 1.165) is 24.8 Å². The summed E-state index contributed by atoms with van der Waals surface area (Å²) in [4.78, 5) is 17.3. The van der Waals surface area contributed by atoms with Gasteiger partial charge in [-0.1, -0.05) is 18.2 Å². The molecule has 1 atom stereocenters. The largest absolute Gasteiger partial charge is 0.380 e. The fourth-order valence-corrected chi connectivity index (χ4v) is 2.00. The maximum atomic E-state index is 12.0. The highest BCUT2D eigenvalue weighted by Gasteiger charge is 2.17. The van der Waals surface area contributed by atoms with Crippen LogP contribution < -0.4 is 5.48 Å². The monoisotopic (exact) mass is 265 g/mol. The Morgan fingerprint density at radius 3 is 3.00 bits per heavy atom. The van der Waals surface area contributed by atoms with Crippen LogP contribution in [0, 0.1) is 0 Å². The second kappa shape index (κ2) is 7.23. The molecule has 0 aromatic heterocycles. The quantitative estimate of drug-likeness (QED) is 0.828. The highest BCUT2D eigenvalue weighted by atomic mass is 16.8. The molecule has 1 fully saturated rings. The fraction of sp³-hybridized carbons (Fsp3) is 0.500. The number of benzene rings is 1. The first-order valence-corrected chi connectivity index (χ1v) is 6.45. The van der Waals surface area contributed by atoms with Crippen molar-refractivity contribution < 1.29 is 19.1 Å². The lowest BCUT2D eigenvalue weighted by atomic mass is 10.1. The number of nitrogens with one attached hydrogen (secondary N) is 1. The Bertz CT molecular complexity index is 416. The van der Waals surface area contributed by atoms with E-state index in [4.69, 9.17) is 14.3 Å². The van der Waals surface area contributed by atoms with Crippen molar-refractivity contribution in [3.63, 3.8) is 0 Å². The molecule has 0 aliphatic carbocycles. The molecular formula is C14H19NO4. The number of hydroxylamine groups is 1. The standard InChI is InChI=1S/C14H19NO4/c1-17-10-11-6-2-3-7-12(11)14(16)15-19-13-8-4-5-9-18-13/h2-3,6-7,13H,4-5,8-10H2,1H3,(H,15,16). The van der Waals surface area contributed by atoms with Crippen LogP contribution in [-0.4, -0.2) is 25.9 Å². The van der Waals surface area contributed by atoms with Crippen molar-refractivity contribution in [2.75, 3.05) is 13.7 Å². The lowest BCUT2D eigenvalue weighted by molar-refractivity contribution is -0.186. The van der Waals surface area contributed by atoms with Gasteiger partial charge in [-0.25, -0.2) is 10.3 Å². The van der Waals surface area contributed by atoms with Crippen LogP contribution in [0.3, 0.4) is 0 Å². The number of hydrogen-bond donors (Lipinski definition) is 1. The van der Waals surface area contributed by atoms with Crippen LogP contribution in [0.15, 0.2) is 24.3 Å². The van der Waals surface area contributed by atoms with Gasteiger partial charge in [-0.2, -0.15) is 0 Å². The zero-order chi connectivity index (χ0) is 13.5. The topological polar surface area (TPSA) is 56.8 Å². The number of hydrogen-bond acceptors (Lipinski definition) is 4. The van der Waals surface area contributed by atoms with Crippen molar-refractivity contribution in [1.82, 2.24) is 5.48 Å². The summed E-state index contributed by atoms with van der Waals surface area (Å²) in [5.41, 5.74) is 3.83. The van der Waals surface area contributed by atoms with Crippen molar-refractivity contribution >= 4 is 5.91 Å². The molecule has 19 heavy (non-hydrogen) atoms. The minimum absolute atomic E-state index is 0.276. The Morgan fingerprint density at radius 2 is 2.26 bits per heavy atom. The van der Waals surface area contributed by atoms with Gasteiger partial charge in [0.25, 0.3) is 5.91 Å². The van der Waals surface area contributed by atoms with Gasteiger partial charge in [-0.05, 0) is 24.5 Å². The summed E-state index contributed by atoms with van der Waals surface area (Å²) in [5, 5.41) is 0. The number of rotatable bonds is 5. The third-order valence-corrected chi connectivity index (χ3v) is 2.98. The fourth-order valence-electron chi connectivity index (χ4n) is 2.00. The van der Waals surface area contributed by atoms with Crippen LogP contribution >= 0.6 is 0 Å². The van der Waals surface area contributed by atoms with Gasteiger partial charge in [0.05, 0.1) is 6.61 Å². The first kappa shape index (κ1) is 14.0. The van der Waals surface area contributed by atoms with Crippen LogP contribution in [0.5, 0.6) is 0 Å². The number of amides is 1. The van der Waals surface area contributed by atoms with E-state index in [1.54, 1.807) is 13.2 Å². The lowest BCUT2D eigenvalue weighted by Crippen LogP contribution is -2.33. The van der Waals surface area contributed by atoms with Crippen LogP contribution in [-0.2, 0) is 20.9 Å². The molecule has 2 rings (SSSR count). The van der Waals surface area contributed by atoms with Crippen molar-refractivity contribution in [3.05, 3.63) is 35.4 Å². The van der Waals surface area contributed by atoms with Gasteiger partial charge in [-0.3, -0.25) is 4.79 Å². The lowest BCUT2D eigenvalue weighted by Gasteiger charge is -2.22. The third-order valence-electron chi connectivity index (χ3n) is 2.98. The molecule has 104 valence electrons. The van der Waals surface area contributed by atoms with E-state index in [0.29, 0.717) is 18.8 Å². The minimum Gasteiger partial charge on any atom is -0.380 e. The van der Waals surface area contributed by atoms with E-state index in [2.05, 4.69) is 5.48 Å². The highest BCUT2D eigenvalue weighted by Crippen LogP contribution is 2.14. The molecule has 5 heteroatoms. The molecule has 1 N–H and O–H groups in total. The van der Waals surface area contributed by atoms with Crippen molar-refractivity contribution in [2.24, 2.45) is 0 Å².